The van der Waals surface area contributed by atoms with Crippen LogP contribution in [0.15, 0.2) is 66.9 Å². The van der Waals surface area contributed by atoms with E-state index in [1.165, 1.54) is 31.2 Å². The number of rotatable bonds is 5. The lowest BCUT2D eigenvalue weighted by Crippen LogP contribution is -2.38. The van der Waals surface area contributed by atoms with Gasteiger partial charge in [-0.3, -0.25) is 14.7 Å². The molecule has 4 heteroatoms. The summed E-state index contributed by atoms with van der Waals surface area (Å²) in [4.78, 5) is 19.9. The fourth-order valence-corrected chi connectivity index (χ4v) is 4.12. The molecule has 1 atom stereocenters. The second-order valence-corrected chi connectivity index (χ2v) is 7.46. The Morgan fingerprint density at radius 2 is 1.64 bits per heavy atom. The smallest absolute Gasteiger partial charge is 0.252 e. The van der Waals surface area contributed by atoms with E-state index in [0.29, 0.717) is 12.1 Å². The lowest BCUT2D eigenvalue weighted by Gasteiger charge is -2.31. The van der Waals surface area contributed by atoms with Crippen molar-refractivity contribution in [1.82, 2.24) is 15.2 Å². The number of likely N-dealkylation sites (tertiary alicyclic amines) is 1. The summed E-state index contributed by atoms with van der Waals surface area (Å²) in [6.07, 6.45) is 6.76. The van der Waals surface area contributed by atoms with E-state index in [2.05, 4.69) is 39.5 Å². The van der Waals surface area contributed by atoms with E-state index >= 15 is 0 Å². The van der Waals surface area contributed by atoms with Gasteiger partial charge in [0.25, 0.3) is 5.91 Å². The molecule has 4 nitrogen and oxygen atoms in total. The van der Waals surface area contributed by atoms with Crippen LogP contribution in [0.3, 0.4) is 0 Å². The summed E-state index contributed by atoms with van der Waals surface area (Å²) in [5, 5.41) is 4.10. The largest absolute Gasteiger partial charge is 0.350 e. The number of amides is 1. The Bertz CT molecular complexity index is 912. The first-order valence-corrected chi connectivity index (χ1v) is 10.2. The molecule has 1 fully saturated rings. The summed E-state index contributed by atoms with van der Waals surface area (Å²) in [7, 11) is 0. The fraction of sp³-hybridized carbons (Fsp3) is 0.333. The van der Waals surface area contributed by atoms with Gasteiger partial charge in [-0.25, -0.2) is 0 Å². The van der Waals surface area contributed by atoms with Crippen molar-refractivity contribution in [3.8, 4) is 0 Å². The topological polar surface area (TPSA) is 45.2 Å². The number of pyridine rings is 1. The maximum atomic E-state index is 13.0. The second kappa shape index (κ2) is 8.98. The predicted octanol–water partition coefficient (Wildman–Crippen LogP) is 4.58. The molecule has 0 radical (unpaired) electrons. The SMILES string of the molecule is O=C(NC[C@@H](c1ccccc1)N1CCCCCC1)c1ccnc2ccccc12. The molecule has 28 heavy (non-hydrogen) atoms. The van der Waals surface area contributed by atoms with Gasteiger partial charge in [0, 0.05) is 18.1 Å². The van der Waals surface area contributed by atoms with Gasteiger partial charge in [0.1, 0.15) is 0 Å². The monoisotopic (exact) mass is 373 g/mol. The molecule has 1 aromatic heterocycles. The van der Waals surface area contributed by atoms with Gasteiger partial charge >= 0.3 is 0 Å². The van der Waals surface area contributed by atoms with Gasteiger partial charge in [-0.2, -0.15) is 0 Å². The Kier molecular flexibility index (Phi) is 5.98. The molecule has 1 amide bonds. The number of aromatic nitrogens is 1. The van der Waals surface area contributed by atoms with Gasteiger partial charge in [-0.05, 0) is 43.6 Å². The van der Waals surface area contributed by atoms with Gasteiger partial charge in [0.15, 0.2) is 0 Å². The van der Waals surface area contributed by atoms with Crippen molar-refractivity contribution in [3.63, 3.8) is 0 Å². The first-order chi connectivity index (χ1) is 13.8. The third-order valence-corrected chi connectivity index (χ3v) is 5.62. The molecule has 0 unspecified atom stereocenters. The first kappa shape index (κ1) is 18.6. The van der Waals surface area contributed by atoms with E-state index in [1.807, 2.05) is 30.3 Å². The molecule has 1 aliphatic rings. The first-order valence-electron chi connectivity index (χ1n) is 10.2. The third kappa shape index (κ3) is 4.23. The highest BCUT2D eigenvalue weighted by molar-refractivity contribution is 6.05. The lowest BCUT2D eigenvalue weighted by molar-refractivity contribution is 0.0935. The fourth-order valence-electron chi connectivity index (χ4n) is 4.12. The van der Waals surface area contributed by atoms with Crippen molar-refractivity contribution in [2.45, 2.75) is 31.7 Å². The Hall–Kier alpha value is -2.72. The zero-order valence-corrected chi connectivity index (χ0v) is 16.2. The molecular weight excluding hydrogens is 346 g/mol. The Morgan fingerprint density at radius 3 is 2.43 bits per heavy atom. The molecule has 0 aliphatic carbocycles. The van der Waals surface area contributed by atoms with Gasteiger partial charge < -0.3 is 5.32 Å². The summed E-state index contributed by atoms with van der Waals surface area (Å²) in [5.74, 6) is -0.0330. The summed E-state index contributed by atoms with van der Waals surface area (Å²) < 4.78 is 0. The number of carbonyl (C=O) groups excluding carboxylic acids is 1. The van der Waals surface area contributed by atoms with Crippen LogP contribution in [-0.4, -0.2) is 35.4 Å². The molecule has 144 valence electrons. The van der Waals surface area contributed by atoms with E-state index in [0.717, 1.165) is 24.0 Å². The molecular formula is C24H27N3O. The summed E-state index contributed by atoms with van der Waals surface area (Å²) in [6.45, 7) is 2.79. The summed E-state index contributed by atoms with van der Waals surface area (Å²) in [5.41, 5.74) is 2.81. The second-order valence-electron chi connectivity index (χ2n) is 7.46. The van der Waals surface area contributed by atoms with E-state index in [9.17, 15) is 4.79 Å². The minimum atomic E-state index is -0.0330. The number of nitrogens with one attached hydrogen (secondary N) is 1. The van der Waals surface area contributed by atoms with Crippen LogP contribution in [0.2, 0.25) is 0 Å². The minimum Gasteiger partial charge on any atom is -0.350 e. The number of hydrogen-bond acceptors (Lipinski definition) is 3. The van der Waals surface area contributed by atoms with E-state index in [4.69, 9.17) is 0 Å². The van der Waals surface area contributed by atoms with Crippen molar-refractivity contribution >= 4 is 16.8 Å². The third-order valence-electron chi connectivity index (χ3n) is 5.62. The van der Waals surface area contributed by atoms with Gasteiger partial charge in [0.05, 0.1) is 17.1 Å². The minimum absolute atomic E-state index is 0.0330. The van der Waals surface area contributed by atoms with E-state index < -0.39 is 0 Å². The highest BCUT2D eigenvalue weighted by Gasteiger charge is 2.22. The number of para-hydroxylation sites is 1. The molecule has 4 rings (SSSR count). The standard InChI is InChI=1S/C24H27N3O/c28-24(21-14-15-25-22-13-7-6-12-20(21)22)26-18-23(19-10-4-3-5-11-19)27-16-8-1-2-9-17-27/h3-7,10-15,23H,1-2,8-9,16-18H2,(H,26,28)/t23-/m0/s1. The Balaban J connectivity index is 1.54. The molecule has 1 N–H and O–H groups in total. The normalized spacial score (nSPS) is 16.4. The van der Waals surface area contributed by atoms with Crippen molar-refractivity contribution in [2.24, 2.45) is 0 Å². The van der Waals surface area contributed by atoms with Crippen molar-refractivity contribution in [3.05, 3.63) is 78.0 Å². The molecule has 0 bridgehead atoms. The summed E-state index contributed by atoms with van der Waals surface area (Å²) >= 11 is 0. The number of nitrogens with zero attached hydrogens (tertiary/aromatic N) is 2. The van der Waals surface area contributed by atoms with Crippen molar-refractivity contribution < 1.29 is 4.79 Å². The molecule has 1 aliphatic heterocycles. The van der Waals surface area contributed by atoms with Crippen molar-refractivity contribution in [1.29, 1.82) is 0 Å². The Labute approximate surface area is 166 Å². The van der Waals surface area contributed by atoms with E-state index in [-0.39, 0.29) is 11.9 Å². The van der Waals surface area contributed by atoms with E-state index in [1.54, 1.807) is 12.3 Å². The van der Waals surface area contributed by atoms with Crippen LogP contribution >= 0.6 is 0 Å². The zero-order chi connectivity index (χ0) is 19.2. The molecule has 2 aromatic carbocycles. The number of benzene rings is 2. The lowest BCUT2D eigenvalue weighted by atomic mass is 10.0. The number of carbonyl (C=O) groups is 1. The van der Waals surface area contributed by atoms with Gasteiger partial charge in [-0.15, -0.1) is 0 Å². The highest BCUT2D eigenvalue weighted by Crippen LogP contribution is 2.24. The maximum Gasteiger partial charge on any atom is 0.252 e. The van der Waals surface area contributed by atoms with Crippen LogP contribution in [0.25, 0.3) is 10.9 Å². The zero-order valence-electron chi connectivity index (χ0n) is 16.2. The predicted molar refractivity (Wildman–Crippen MR) is 113 cm³/mol. The molecule has 0 spiro atoms. The highest BCUT2D eigenvalue weighted by atomic mass is 16.1. The summed E-state index contributed by atoms with van der Waals surface area (Å²) in [6, 6.07) is 20.4. The maximum absolute atomic E-state index is 13.0. The average molecular weight is 374 g/mol. The number of hydrogen-bond donors (Lipinski definition) is 1. The average Bonchev–Trinajstić information content (AvgIpc) is 3.04. The molecule has 3 aromatic rings. The quantitative estimate of drug-likeness (QED) is 0.712. The van der Waals surface area contributed by atoms with Crippen LogP contribution in [0, 0.1) is 0 Å². The number of fused-ring (bicyclic) bond motifs is 1. The van der Waals surface area contributed by atoms with Crippen LogP contribution in [0.4, 0.5) is 0 Å². The van der Waals surface area contributed by atoms with Gasteiger partial charge in [0.2, 0.25) is 0 Å². The van der Waals surface area contributed by atoms with Crippen LogP contribution in [0.1, 0.15) is 47.6 Å². The Morgan fingerprint density at radius 1 is 0.929 bits per heavy atom. The van der Waals surface area contributed by atoms with Crippen LogP contribution < -0.4 is 5.32 Å². The van der Waals surface area contributed by atoms with Gasteiger partial charge in [-0.1, -0.05) is 61.4 Å². The van der Waals surface area contributed by atoms with Crippen LogP contribution in [0.5, 0.6) is 0 Å². The van der Waals surface area contributed by atoms with Crippen molar-refractivity contribution in [2.75, 3.05) is 19.6 Å². The molecule has 1 saturated heterocycles. The molecule has 2 heterocycles. The molecule has 0 saturated carbocycles. The van der Waals surface area contributed by atoms with Crippen LogP contribution in [-0.2, 0) is 0 Å².